The van der Waals surface area contributed by atoms with E-state index in [9.17, 15) is 18.8 Å². The highest BCUT2D eigenvalue weighted by atomic mass is 19.3. The summed E-state index contributed by atoms with van der Waals surface area (Å²) in [5.41, 5.74) is 1.63. The van der Waals surface area contributed by atoms with Gasteiger partial charge in [0.1, 0.15) is 17.6 Å². The van der Waals surface area contributed by atoms with E-state index in [-0.39, 0.29) is 29.6 Å². The van der Waals surface area contributed by atoms with Gasteiger partial charge in [-0.25, -0.2) is 13.8 Å². The van der Waals surface area contributed by atoms with E-state index in [2.05, 4.69) is 15.6 Å². The van der Waals surface area contributed by atoms with Crippen LogP contribution in [0.5, 0.6) is 5.75 Å². The van der Waals surface area contributed by atoms with Crippen LogP contribution in [0.1, 0.15) is 24.8 Å². The molecule has 2 N–H and O–H groups in total. The number of carbonyl (C=O) groups excluding carboxylic acids is 1. The number of hydrogen-bond donors (Lipinski definition) is 2. The SMILES string of the molecule is N#Cc1cc(-c2ccnc(NC(=O)C3CC3)c2)ccc1O[C@H]1CCNCC1(F)F. The minimum Gasteiger partial charge on any atom is -0.483 e. The number of piperidine rings is 1. The van der Waals surface area contributed by atoms with Crippen molar-refractivity contribution in [3.8, 4) is 22.9 Å². The third kappa shape index (κ3) is 4.35. The highest BCUT2D eigenvalue weighted by Gasteiger charge is 2.43. The first-order valence-corrected chi connectivity index (χ1v) is 9.53. The molecule has 1 aromatic heterocycles. The fourth-order valence-corrected chi connectivity index (χ4v) is 3.26. The highest BCUT2D eigenvalue weighted by Crippen LogP contribution is 2.33. The van der Waals surface area contributed by atoms with Crippen molar-refractivity contribution in [2.75, 3.05) is 18.4 Å². The Labute approximate surface area is 166 Å². The molecule has 1 aromatic carbocycles. The van der Waals surface area contributed by atoms with Gasteiger partial charge in [0.25, 0.3) is 5.92 Å². The maximum absolute atomic E-state index is 14.0. The maximum atomic E-state index is 14.0. The average Bonchev–Trinajstić information content (AvgIpc) is 3.55. The molecule has 29 heavy (non-hydrogen) atoms. The van der Waals surface area contributed by atoms with E-state index in [1.165, 1.54) is 6.07 Å². The zero-order valence-electron chi connectivity index (χ0n) is 15.6. The Morgan fingerprint density at radius 3 is 2.76 bits per heavy atom. The minimum atomic E-state index is -3.00. The number of ether oxygens (including phenoxy) is 1. The summed E-state index contributed by atoms with van der Waals surface area (Å²) in [7, 11) is 0. The topological polar surface area (TPSA) is 87.0 Å². The Morgan fingerprint density at radius 2 is 2.03 bits per heavy atom. The van der Waals surface area contributed by atoms with Gasteiger partial charge in [-0.05, 0) is 54.8 Å². The lowest BCUT2D eigenvalue weighted by Crippen LogP contribution is -2.52. The second kappa shape index (κ2) is 7.76. The fraction of sp³-hybridized carbons (Fsp3) is 0.381. The Kier molecular flexibility index (Phi) is 5.16. The van der Waals surface area contributed by atoms with Crippen molar-refractivity contribution in [1.29, 1.82) is 5.26 Å². The van der Waals surface area contributed by atoms with Gasteiger partial charge in [0.15, 0.2) is 6.10 Å². The van der Waals surface area contributed by atoms with Crippen molar-refractivity contribution >= 4 is 11.7 Å². The van der Waals surface area contributed by atoms with Gasteiger partial charge in [0.05, 0.1) is 12.1 Å². The number of hydrogen-bond acceptors (Lipinski definition) is 5. The first-order valence-electron chi connectivity index (χ1n) is 9.53. The molecule has 8 heteroatoms. The Balaban J connectivity index is 1.55. The number of nitriles is 1. The summed E-state index contributed by atoms with van der Waals surface area (Å²) in [5, 5.41) is 14.9. The first kappa shape index (κ1) is 19.3. The molecule has 0 unspecified atom stereocenters. The molecule has 4 rings (SSSR count). The van der Waals surface area contributed by atoms with Crippen LogP contribution in [-0.4, -0.2) is 36.0 Å². The van der Waals surface area contributed by atoms with E-state index in [1.807, 2.05) is 6.07 Å². The number of amides is 1. The van der Waals surface area contributed by atoms with Crippen molar-refractivity contribution in [1.82, 2.24) is 10.3 Å². The number of halogens is 2. The van der Waals surface area contributed by atoms with Gasteiger partial charge >= 0.3 is 0 Å². The molecule has 2 heterocycles. The molecule has 1 amide bonds. The van der Waals surface area contributed by atoms with Crippen LogP contribution in [0.2, 0.25) is 0 Å². The lowest BCUT2D eigenvalue weighted by atomic mass is 10.0. The Morgan fingerprint density at radius 1 is 1.24 bits per heavy atom. The molecular formula is C21H20F2N4O2. The second-order valence-electron chi connectivity index (χ2n) is 7.35. The molecule has 6 nitrogen and oxygen atoms in total. The van der Waals surface area contributed by atoms with E-state index in [1.54, 1.807) is 30.5 Å². The van der Waals surface area contributed by atoms with Gasteiger partial charge in [-0.3, -0.25) is 4.79 Å². The molecule has 1 atom stereocenters. The van der Waals surface area contributed by atoms with E-state index in [0.717, 1.165) is 18.4 Å². The van der Waals surface area contributed by atoms with Crippen LogP contribution in [0.25, 0.3) is 11.1 Å². The summed E-state index contributed by atoms with van der Waals surface area (Å²) in [6, 6.07) is 10.3. The number of aromatic nitrogens is 1. The number of nitrogens with one attached hydrogen (secondary N) is 2. The molecule has 0 radical (unpaired) electrons. The summed E-state index contributed by atoms with van der Waals surface area (Å²) in [4.78, 5) is 16.1. The monoisotopic (exact) mass is 398 g/mol. The van der Waals surface area contributed by atoms with Crippen molar-refractivity contribution in [3.63, 3.8) is 0 Å². The largest absolute Gasteiger partial charge is 0.483 e. The number of pyridine rings is 1. The number of alkyl halides is 2. The van der Waals surface area contributed by atoms with Crippen LogP contribution < -0.4 is 15.4 Å². The summed E-state index contributed by atoms with van der Waals surface area (Å²) in [6.07, 6.45) is 2.26. The first-order chi connectivity index (χ1) is 14.0. The van der Waals surface area contributed by atoms with Gasteiger partial charge in [-0.2, -0.15) is 5.26 Å². The summed E-state index contributed by atoms with van der Waals surface area (Å²) in [5.74, 6) is -2.40. The molecule has 2 aliphatic rings. The quantitative estimate of drug-likeness (QED) is 0.807. The molecule has 2 fully saturated rings. The van der Waals surface area contributed by atoms with Gasteiger partial charge < -0.3 is 15.4 Å². The van der Waals surface area contributed by atoms with Gasteiger partial charge in [0.2, 0.25) is 5.91 Å². The van der Waals surface area contributed by atoms with Crippen LogP contribution in [0.4, 0.5) is 14.6 Å². The average molecular weight is 398 g/mol. The summed E-state index contributed by atoms with van der Waals surface area (Å²) in [6.45, 7) is -0.00337. The van der Waals surface area contributed by atoms with Crippen molar-refractivity contribution in [2.45, 2.75) is 31.3 Å². The molecule has 150 valence electrons. The molecular weight excluding hydrogens is 378 g/mol. The predicted octanol–water partition coefficient (Wildman–Crippen LogP) is 3.34. The lowest BCUT2D eigenvalue weighted by molar-refractivity contribution is -0.117. The van der Waals surface area contributed by atoms with E-state index in [0.29, 0.717) is 17.9 Å². The molecule has 1 saturated carbocycles. The lowest BCUT2D eigenvalue weighted by Gasteiger charge is -2.32. The van der Waals surface area contributed by atoms with Crippen molar-refractivity contribution in [2.24, 2.45) is 5.92 Å². The molecule has 1 saturated heterocycles. The van der Waals surface area contributed by atoms with Gasteiger partial charge in [-0.15, -0.1) is 0 Å². The third-order valence-corrected chi connectivity index (χ3v) is 5.08. The molecule has 0 spiro atoms. The highest BCUT2D eigenvalue weighted by molar-refractivity contribution is 5.93. The number of benzene rings is 1. The van der Waals surface area contributed by atoms with E-state index in [4.69, 9.17) is 4.74 Å². The zero-order chi connectivity index (χ0) is 20.4. The fourth-order valence-electron chi connectivity index (χ4n) is 3.26. The van der Waals surface area contributed by atoms with Crippen LogP contribution in [0, 0.1) is 17.2 Å². The maximum Gasteiger partial charge on any atom is 0.296 e. The Hall–Kier alpha value is -3.05. The van der Waals surface area contributed by atoms with Crippen LogP contribution in [-0.2, 0) is 4.79 Å². The van der Waals surface area contributed by atoms with E-state index < -0.39 is 18.6 Å². The van der Waals surface area contributed by atoms with Crippen LogP contribution in [0.15, 0.2) is 36.5 Å². The molecule has 1 aliphatic heterocycles. The standard InChI is InChI=1S/C21H20F2N4O2/c22-21(23)12-25-7-6-18(21)29-17-4-3-14(9-16(17)11-24)15-5-8-26-19(10-15)27-20(28)13-1-2-13/h3-5,8-10,13,18,25H,1-2,6-7,12H2,(H,26,27,28)/t18-/m0/s1. The summed E-state index contributed by atoms with van der Waals surface area (Å²) < 4.78 is 33.6. The minimum absolute atomic E-state index is 0.0426. The number of nitrogens with zero attached hydrogens (tertiary/aromatic N) is 2. The number of carbonyl (C=O) groups is 1. The summed E-state index contributed by atoms with van der Waals surface area (Å²) >= 11 is 0. The normalized spacial score (nSPS) is 20.5. The van der Waals surface area contributed by atoms with E-state index >= 15 is 0 Å². The van der Waals surface area contributed by atoms with Crippen molar-refractivity contribution in [3.05, 3.63) is 42.1 Å². The molecule has 2 aromatic rings. The molecule has 0 bridgehead atoms. The zero-order valence-corrected chi connectivity index (χ0v) is 15.6. The van der Waals surface area contributed by atoms with Crippen LogP contribution >= 0.6 is 0 Å². The Bertz CT molecular complexity index is 969. The van der Waals surface area contributed by atoms with Crippen LogP contribution in [0.3, 0.4) is 0 Å². The van der Waals surface area contributed by atoms with Crippen molar-refractivity contribution < 1.29 is 18.3 Å². The third-order valence-electron chi connectivity index (χ3n) is 5.08. The predicted molar refractivity (Wildman–Crippen MR) is 103 cm³/mol. The van der Waals surface area contributed by atoms with Gasteiger partial charge in [0, 0.05) is 18.5 Å². The number of anilines is 1. The number of rotatable bonds is 5. The smallest absolute Gasteiger partial charge is 0.296 e. The second-order valence-corrected chi connectivity index (χ2v) is 7.35. The molecule has 1 aliphatic carbocycles. The van der Waals surface area contributed by atoms with Gasteiger partial charge in [-0.1, -0.05) is 6.07 Å².